The molecular weight excluding hydrogens is 551 g/mol. The second kappa shape index (κ2) is 15.5. The fourth-order valence-corrected chi connectivity index (χ4v) is 3.91. The van der Waals surface area contributed by atoms with Crippen LogP contribution in [0.25, 0.3) is 0 Å². The average Bonchev–Trinajstić information content (AvgIpc) is 2.93. The van der Waals surface area contributed by atoms with Crippen molar-refractivity contribution in [1.82, 2.24) is 10.9 Å². The van der Waals surface area contributed by atoms with Crippen LogP contribution in [0.5, 0.6) is 0 Å². The Balaban J connectivity index is 3.91. The fourth-order valence-electron chi connectivity index (χ4n) is 3.91. The number of methoxy groups -OCH3 is 3. The minimum absolute atomic E-state index is 0.0512. The highest BCUT2D eigenvalue weighted by molar-refractivity contribution is 6.20. The zero-order valence-electron chi connectivity index (χ0n) is 23.1. The van der Waals surface area contributed by atoms with Crippen molar-refractivity contribution in [2.45, 2.75) is 20.8 Å². The van der Waals surface area contributed by atoms with Crippen LogP contribution in [0, 0.1) is 23.1 Å². The van der Waals surface area contributed by atoms with Crippen molar-refractivity contribution in [2.24, 2.45) is 33.2 Å². The molecule has 17 heteroatoms. The first-order valence-corrected chi connectivity index (χ1v) is 11.7. The van der Waals surface area contributed by atoms with Gasteiger partial charge < -0.3 is 30.0 Å². The molecule has 0 saturated heterocycles. The maximum absolute atomic E-state index is 13.5. The van der Waals surface area contributed by atoms with E-state index in [2.05, 4.69) is 15.5 Å². The van der Waals surface area contributed by atoms with Crippen molar-refractivity contribution in [1.29, 1.82) is 0 Å². The number of benzene rings is 1. The maximum Gasteiger partial charge on any atom is 0.339 e. The highest BCUT2D eigenvalue weighted by atomic mass is 19.1. The lowest BCUT2D eigenvalue weighted by Crippen LogP contribution is -2.61. The average molecular weight is 583 g/mol. The van der Waals surface area contributed by atoms with Crippen molar-refractivity contribution in [3.05, 3.63) is 30.1 Å². The molecule has 0 fully saturated rings. The molecule has 0 bridgehead atoms. The number of hydrogen-bond donors (Lipinski definition) is 4. The minimum atomic E-state index is -2.97. The molecule has 1 rings (SSSR count). The number of carbonyl (C=O) groups is 6. The van der Waals surface area contributed by atoms with Gasteiger partial charge >= 0.3 is 35.9 Å². The number of carbonyl (C=O) groups excluding carboxylic acids is 6. The normalized spacial score (nSPS) is 13.1. The molecule has 0 saturated carbocycles. The van der Waals surface area contributed by atoms with Gasteiger partial charge in [0, 0.05) is 5.69 Å². The fraction of sp³-hybridized carbons (Fsp3) is 0.417. The molecule has 0 aliphatic heterocycles. The Bertz CT molecular complexity index is 1220. The molecule has 1 aromatic rings. The third kappa shape index (κ3) is 8.20. The lowest BCUT2D eigenvalue weighted by Gasteiger charge is -2.38. The van der Waals surface area contributed by atoms with Gasteiger partial charge in [-0.2, -0.15) is 10.2 Å². The van der Waals surface area contributed by atoms with E-state index in [9.17, 15) is 33.2 Å². The Hall–Kier alpha value is -5.09. The van der Waals surface area contributed by atoms with Crippen LogP contribution in [-0.2, 0) is 38.1 Å². The molecule has 0 aliphatic carbocycles. The Morgan fingerprint density at radius 1 is 0.902 bits per heavy atom. The number of amides is 4. The molecular formula is C24H31FN6O10. The summed E-state index contributed by atoms with van der Waals surface area (Å²) in [5, 5.41) is 9.74. The molecule has 0 aliphatic rings. The van der Waals surface area contributed by atoms with Gasteiger partial charge in [-0.25, -0.2) is 24.8 Å². The van der Waals surface area contributed by atoms with E-state index in [1.54, 1.807) is 0 Å². The van der Waals surface area contributed by atoms with Gasteiger partial charge in [0.15, 0.2) is 0 Å². The molecule has 4 amide bonds. The Kier molecular flexibility index (Phi) is 12.8. The summed E-state index contributed by atoms with van der Waals surface area (Å²) in [7, 11) is 2.64. The number of anilines is 1. The van der Waals surface area contributed by atoms with Crippen molar-refractivity contribution < 1.29 is 52.1 Å². The number of nitrogens with zero attached hydrogens (tertiary/aromatic N) is 2. The third-order valence-corrected chi connectivity index (χ3v) is 5.51. The topological polar surface area (TPSA) is 226 Å². The van der Waals surface area contributed by atoms with Crippen LogP contribution in [0.4, 0.5) is 19.7 Å². The van der Waals surface area contributed by atoms with Gasteiger partial charge in [0.25, 0.3) is 0 Å². The molecule has 16 nitrogen and oxygen atoms in total. The lowest BCUT2D eigenvalue weighted by atomic mass is 9.63. The van der Waals surface area contributed by atoms with Crippen LogP contribution >= 0.6 is 0 Å². The summed E-state index contributed by atoms with van der Waals surface area (Å²) in [4.78, 5) is 77.2. The number of hydrogen-bond acceptors (Lipinski definition) is 12. The zero-order chi connectivity index (χ0) is 31.3. The second-order valence-electron chi connectivity index (χ2n) is 8.05. The number of rotatable bonds is 12. The summed E-state index contributed by atoms with van der Waals surface area (Å²) < 4.78 is 33.1. The Morgan fingerprint density at radius 3 is 1.90 bits per heavy atom. The molecule has 0 radical (unpaired) electrons. The summed E-state index contributed by atoms with van der Waals surface area (Å²) in [6.07, 6.45) is 0. The molecule has 0 spiro atoms. The largest absolute Gasteiger partial charge is 0.468 e. The maximum atomic E-state index is 13.5. The molecule has 2 atom stereocenters. The van der Waals surface area contributed by atoms with Gasteiger partial charge in [-0.05, 0) is 39.0 Å². The molecule has 0 heterocycles. The molecule has 0 aromatic heterocycles. The van der Waals surface area contributed by atoms with Crippen LogP contribution in [0.3, 0.4) is 0 Å². The van der Waals surface area contributed by atoms with Crippen molar-refractivity contribution in [3.8, 4) is 0 Å². The van der Waals surface area contributed by atoms with E-state index < -0.39 is 70.4 Å². The van der Waals surface area contributed by atoms with Crippen molar-refractivity contribution >= 4 is 53.1 Å². The molecule has 224 valence electrons. The van der Waals surface area contributed by atoms with Crippen LogP contribution < -0.4 is 21.9 Å². The smallest absolute Gasteiger partial charge is 0.339 e. The highest BCUT2D eigenvalue weighted by Crippen LogP contribution is 2.42. The minimum Gasteiger partial charge on any atom is -0.468 e. The van der Waals surface area contributed by atoms with Gasteiger partial charge in [0.2, 0.25) is 5.41 Å². The quantitative estimate of drug-likeness (QED) is 0.0885. The number of ether oxygens (including phenoxy) is 4. The SMILES string of the molecule is CCOC(=O)C(/C(C)=N/NC(=O)Nc1cccc(F)c1)C(C(=O)OC)(C(=O)OC)C(C(=O)OC)/C(C)=N/NC(N)=O. The first kappa shape index (κ1) is 33.9. The Labute approximate surface area is 233 Å². The molecule has 41 heavy (non-hydrogen) atoms. The predicted octanol–water partition coefficient (Wildman–Crippen LogP) is 0.668. The number of primary amides is 1. The third-order valence-electron chi connectivity index (χ3n) is 5.51. The summed E-state index contributed by atoms with van der Waals surface area (Å²) in [5.41, 5.74) is 5.14. The van der Waals surface area contributed by atoms with Gasteiger partial charge in [-0.15, -0.1) is 0 Å². The van der Waals surface area contributed by atoms with E-state index in [1.165, 1.54) is 19.1 Å². The number of esters is 4. The highest BCUT2D eigenvalue weighted by Gasteiger charge is 2.67. The van der Waals surface area contributed by atoms with Crippen LogP contribution in [0.2, 0.25) is 0 Å². The lowest BCUT2D eigenvalue weighted by molar-refractivity contribution is -0.185. The van der Waals surface area contributed by atoms with Crippen molar-refractivity contribution in [2.75, 3.05) is 33.3 Å². The number of nitrogens with one attached hydrogen (secondary N) is 3. The number of hydrazone groups is 2. The van der Waals surface area contributed by atoms with E-state index in [1.807, 2.05) is 10.9 Å². The van der Waals surface area contributed by atoms with Crippen LogP contribution in [0.1, 0.15) is 20.8 Å². The van der Waals surface area contributed by atoms with Gasteiger partial charge in [0.05, 0.1) is 39.4 Å². The van der Waals surface area contributed by atoms with E-state index in [-0.39, 0.29) is 12.3 Å². The molecule has 1 aromatic carbocycles. The zero-order valence-corrected chi connectivity index (χ0v) is 23.1. The number of urea groups is 2. The van der Waals surface area contributed by atoms with Crippen molar-refractivity contribution in [3.63, 3.8) is 0 Å². The Morgan fingerprint density at radius 2 is 1.44 bits per heavy atom. The summed E-state index contributed by atoms with van der Waals surface area (Å²) in [5.74, 6) is -10.4. The van der Waals surface area contributed by atoms with E-state index in [4.69, 9.17) is 24.7 Å². The first-order chi connectivity index (χ1) is 19.3. The van der Waals surface area contributed by atoms with E-state index >= 15 is 0 Å². The standard InChI is InChI=1S/C24H31FN6O10/c1-7-41-19(33)17(13(3)29-31-23(37)27-15-10-8-9-14(25)11-15)24(20(34)39-5,21(35)40-6)16(18(32)38-4)12(2)28-30-22(26)36/h8-11,16-17H,7H2,1-6H3,(H3,26,30,36)(H2,27,31,37)/b28-12+,29-13+. The van der Waals surface area contributed by atoms with E-state index in [0.29, 0.717) is 0 Å². The molecule has 2 unspecified atom stereocenters. The van der Waals surface area contributed by atoms with Gasteiger partial charge in [-0.3, -0.25) is 19.2 Å². The summed E-state index contributed by atoms with van der Waals surface area (Å²) >= 11 is 0. The van der Waals surface area contributed by atoms with E-state index in [0.717, 1.165) is 47.3 Å². The number of halogens is 1. The van der Waals surface area contributed by atoms with Gasteiger partial charge in [-0.1, -0.05) is 6.07 Å². The summed E-state index contributed by atoms with van der Waals surface area (Å²) in [6, 6.07) is 2.71. The van der Waals surface area contributed by atoms with Crippen LogP contribution in [-0.4, -0.2) is 75.3 Å². The summed E-state index contributed by atoms with van der Waals surface area (Å²) in [6.45, 7) is 3.42. The second-order valence-corrected chi connectivity index (χ2v) is 8.05. The first-order valence-electron chi connectivity index (χ1n) is 11.7. The monoisotopic (exact) mass is 582 g/mol. The number of nitrogens with two attached hydrogens (primary N) is 1. The van der Waals surface area contributed by atoms with Gasteiger partial charge in [0.1, 0.15) is 17.7 Å². The predicted molar refractivity (Wildman–Crippen MR) is 140 cm³/mol. The van der Waals surface area contributed by atoms with Crippen LogP contribution in [0.15, 0.2) is 34.5 Å². The molecule has 5 N–H and O–H groups in total.